The van der Waals surface area contributed by atoms with Gasteiger partial charge in [-0.25, -0.2) is 4.79 Å². The van der Waals surface area contributed by atoms with E-state index in [1.54, 1.807) is 6.08 Å². The van der Waals surface area contributed by atoms with Crippen LogP contribution >= 0.6 is 0 Å². The van der Waals surface area contributed by atoms with Gasteiger partial charge in [0.1, 0.15) is 0 Å². The van der Waals surface area contributed by atoms with Crippen LogP contribution in [0.1, 0.15) is 40.5 Å². The Morgan fingerprint density at radius 3 is 2.43 bits per heavy atom. The van der Waals surface area contributed by atoms with Crippen LogP contribution in [0.5, 0.6) is 0 Å². The lowest BCUT2D eigenvalue weighted by molar-refractivity contribution is -0.137. The minimum atomic E-state index is -0.234. The quantitative estimate of drug-likeness (QED) is 0.383. The number of allylic oxidation sites excluding steroid dienone is 3. The van der Waals surface area contributed by atoms with Gasteiger partial charge in [-0.3, -0.25) is 0 Å². The van der Waals surface area contributed by atoms with Gasteiger partial charge in [-0.1, -0.05) is 17.2 Å². The molecule has 0 heterocycles. The molecule has 0 atom stereocenters. The molecular weight excluding hydrogens is 176 g/mol. The van der Waals surface area contributed by atoms with Crippen molar-refractivity contribution in [3.05, 3.63) is 23.3 Å². The van der Waals surface area contributed by atoms with E-state index in [0.717, 1.165) is 18.4 Å². The Balaban J connectivity index is 3.89. The van der Waals surface area contributed by atoms with E-state index in [1.807, 2.05) is 13.8 Å². The zero-order valence-corrected chi connectivity index (χ0v) is 9.59. The predicted molar refractivity (Wildman–Crippen MR) is 59.1 cm³/mol. The second-order valence-corrected chi connectivity index (χ2v) is 3.56. The van der Waals surface area contributed by atoms with Crippen molar-refractivity contribution in [2.45, 2.75) is 40.5 Å². The Kier molecular flexibility index (Phi) is 6.81. The maximum Gasteiger partial charge on any atom is 0.330 e. The van der Waals surface area contributed by atoms with Crippen LogP contribution in [0.2, 0.25) is 0 Å². The van der Waals surface area contributed by atoms with Crippen molar-refractivity contribution in [2.24, 2.45) is 0 Å². The fraction of sp³-hybridized carbons (Fsp3) is 0.583. The lowest BCUT2D eigenvalue weighted by atomic mass is 10.1. The van der Waals surface area contributed by atoms with Gasteiger partial charge in [-0.15, -0.1) is 0 Å². The zero-order chi connectivity index (χ0) is 11.0. The Hall–Kier alpha value is -1.05. The molecule has 0 aromatic rings. The van der Waals surface area contributed by atoms with Gasteiger partial charge in [-0.05, 0) is 40.5 Å². The first-order valence-electron chi connectivity index (χ1n) is 5.03. The highest BCUT2D eigenvalue weighted by molar-refractivity contribution is 5.82. The van der Waals surface area contributed by atoms with Crippen LogP contribution in [0.25, 0.3) is 0 Å². The summed E-state index contributed by atoms with van der Waals surface area (Å²) in [4.78, 5) is 11.0. The molecule has 0 aliphatic carbocycles. The van der Waals surface area contributed by atoms with E-state index in [4.69, 9.17) is 4.74 Å². The smallest absolute Gasteiger partial charge is 0.330 e. The Morgan fingerprint density at radius 2 is 1.93 bits per heavy atom. The van der Waals surface area contributed by atoms with Crippen molar-refractivity contribution in [2.75, 3.05) is 6.61 Å². The van der Waals surface area contributed by atoms with Gasteiger partial charge in [0.25, 0.3) is 0 Å². The SMILES string of the molecule is CCOC(=O)/C=C(\C)CCC=C(C)C. The average molecular weight is 196 g/mol. The molecule has 2 nitrogen and oxygen atoms in total. The number of esters is 1. The largest absolute Gasteiger partial charge is 0.463 e. The molecule has 80 valence electrons. The highest BCUT2D eigenvalue weighted by atomic mass is 16.5. The molecule has 0 fully saturated rings. The first kappa shape index (κ1) is 12.9. The summed E-state index contributed by atoms with van der Waals surface area (Å²) in [7, 11) is 0. The molecule has 0 N–H and O–H groups in total. The van der Waals surface area contributed by atoms with Gasteiger partial charge in [0, 0.05) is 6.08 Å². The molecule has 0 aliphatic rings. The van der Waals surface area contributed by atoms with E-state index < -0.39 is 0 Å². The summed E-state index contributed by atoms with van der Waals surface area (Å²) in [5.41, 5.74) is 2.38. The molecule has 0 spiro atoms. The molecule has 0 aliphatic heterocycles. The van der Waals surface area contributed by atoms with Gasteiger partial charge in [-0.2, -0.15) is 0 Å². The summed E-state index contributed by atoms with van der Waals surface area (Å²) in [5.74, 6) is -0.234. The van der Waals surface area contributed by atoms with Gasteiger partial charge in [0.05, 0.1) is 6.61 Å². The predicted octanol–water partition coefficient (Wildman–Crippen LogP) is 3.24. The van der Waals surface area contributed by atoms with Crippen molar-refractivity contribution in [3.8, 4) is 0 Å². The number of ether oxygens (including phenoxy) is 1. The number of carbonyl (C=O) groups is 1. The van der Waals surface area contributed by atoms with Crippen LogP contribution in [0, 0.1) is 0 Å². The Labute approximate surface area is 86.6 Å². The lowest BCUT2D eigenvalue weighted by Crippen LogP contribution is -2.00. The summed E-state index contributed by atoms with van der Waals surface area (Å²) >= 11 is 0. The number of rotatable bonds is 5. The van der Waals surface area contributed by atoms with Crippen molar-refractivity contribution in [3.63, 3.8) is 0 Å². The fourth-order valence-corrected chi connectivity index (χ4v) is 1.05. The molecule has 0 aromatic carbocycles. The van der Waals surface area contributed by atoms with Gasteiger partial charge in [0.2, 0.25) is 0 Å². The Morgan fingerprint density at radius 1 is 1.29 bits per heavy atom. The van der Waals surface area contributed by atoms with Crippen LogP contribution in [0.15, 0.2) is 23.3 Å². The van der Waals surface area contributed by atoms with Crippen LogP contribution in [-0.2, 0) is 9.53 Å². The maximum atomic E-state index is 11.0. The topological polar surface area (TPSA) is 26.3 Å². The molecule has 0 unspecified atom stereocenters. The number of hydrogen-bond acceptors (Lipinski definition) is 2. The van der Waals surface area contributed by atoms with Crippen LogP contribution < -0.4 is 0 Å². The van der Waals surface area contributed by atoms with Crippen LogP contribution in [0.3, 0.4) is 0 Å². The summed E-state index contributed by atoms with van der Waals surface area (Å²) in [6.45, 7) is 8.35. The van der Waals surface area contributed by atoms with Crippen molar-refractivity contribution in [1.82, 2.24) is 0 Å². The Bertz CT molecular complexity index is 233. The van der Waals surface area contributed by atoms with E-state index in [2.05, 4.69) is 19.9 Å². The first-order chi connectivity index (χ1) is 6.56. The molecule has 0 aromatic heterocycles. The summed E-state index contributed by atoms with van der Waals surface area (Å²) < 4.78 is 4.81. The maximum absolute atomic E-state index is 11.0. The van der Waals surface area contributed by atoms with Crippen LogP contribution in [0.4, 0.5) is 0 Å². The molecule has 0 saturated heterocycles. The van der Waals surface area contributed by atoms with Gasteiger partial charge < -0.3 is 4.74 Å². The molecule has 2 heteroatoms. The normalized spacial score (nSPS) is 11.0. The zero-order valence-electron chi connectivity index (χ0n) is 9.59. The third kappa shape index (κ3) is 7.59. The molecular formula is C12H20O2. The highest BCUT2D eigenvalue weighted by Crippen LogP contribution is 2.06. The third-order valence-electron chi connectivity index (χ3n) is 1.74. The molecule has 0 amide bonds. The summed E-state index contributed by atoms with van der Waals surface area (Å²) in [5, 5.41) is 0. The van der Waals surface area contributed by atoms with E-state index in [9.17, 15) is 4.79 Å². The van der Waals surface area contributed by atoms with E-state index in [-0.39, 0.29) is 5.97 Å². The van der Waals surface area contributed by atoms with Crippen molar-refractivity contribution < 1.29 is 9.53 Å². The standard InChI is InChI=1S/C12H20O2/c1-5-14-12(13)9-11(4)8-6-7-10(2)3/h7,9H,5-6,8H2,1-4H3/b11-9+. The van der Waals surface area contributed by atoms with Crippen LogP contribution in [-0.4, -0.2) is 12.6 Å². The molecule has 14 heavy (non-hydrogen) atoms. The summed E-state index contributed by atoms with van der Waals surface area (Å²) in [6, 6.07) is 0. The first-order valence-corrected chi connectivity index (χ1v) is 5.03. The number of carbonyl (C=O) groups excluding carboxylic acids is 1. The lowest BCUT2D eigenvalue weighted by Gasteiger charge is -1.99. The second kappa shape index (κ2) is 7.36. The second-order valence-electron chi connectivity index (χ2n) is 3.56. The summed E-state index contributed by atoms with van der Waals surface area (Å²) in [6.07, 6.45) is 5.65. The van der Waals surface area contributed by atoms with Gasteiger partial charge >= 0.3 is 5.97 Å². The fourth-order valence-electron chi connectivity index (χ4n) is 1.05. The third-order valence-corrected chi connectivity index (χ3v) is 1.74. The minimum Gasteiger partial charge on any atom is -0.463 e. The molecule has 0 rings (SSSR count). The van der Waals surface area contributed by atoms with Gasteiger partial charge in [0.15, 0.2) is 0 Å². The van der Waals surface area contributed by atoms with Crippen molar-refractivity contribution >= 4 is 5.97 Å². The molecule has 0 bridgehead atoms. The minimum absolute atomic E-state index is 0.234. The average Bonchev–Trinajstić information content (AvgIpc) is 2.03. The van der Waals surface area contributed by atoms with E-state index in [1.165, 1.54) is 5.57 Å². The highest BCUT2D eigenvalue weighted by Gasteiger charge is 1.96. The monoisotopic (exact) mass is 196 g/mol. The van der Waals surface area contributed by atoms with Crippen molar-refractivity contribution in [1.29, 1.82) is 0 Å². The van der Waals surface area contributed by atoms with E-state index in [0.29, 0.717) is 6.61 Å². The van der Waals surface area contributed by atoms with E-state index >= 15 is 0 Å². The molecule has 0 saturated carbocycles. The molecule has 0 radical (unpaired) electrons. The number of hydrogen-bond donors (Lipinski definition) is 0.